The first-order chi connectivity index (χ1) is 15.0. The second-order valence-corrected chi connectivity index (χ2v) is 9.01. The molecule has 0 saturated carbocycles. The van der Waals surface area contributed by atoms with Crippen LogP contribution in [0.25, 0.3) is 0 Å². The predicted octanol–water partition coefficient (Wildman–Crippen LogP) is 2.48. The molecule has 2 bridgehead atoms. The average molecular weight is 419 g/mol. The minimum atomic E-state index is -1.11. The Balaban J connectivity index is 1.49. The van der Waals surface area contributed by atoms with E-state index in [1.165, 1.54) is 5.56 Å². The smallest absolute Gasteiger partial charge is 0.338 e. The molecule has 1 saturated heterocycles. The molecule has 0 radical (unpaired) electrons. The summed E-state index contributed by atoms with van der Waals surface area (Å²) in [5.41, 5.74) is 0.896. The fourth-order valence-electron chi connectivity index (χ4n) is 6.28. The summed E-state index contributed by atoms with van der Waals surface area (Å²) in [6, 6.07) is 12.9. The lowest BCUT2D eigenvalue weighted by atomic mass is 9.50. The fourth-order valence-corrected chi connectivity index (χ4v) is 6.28. The minimum absolute atomic E-state index is 0.0683. The van der Waals surface area contributed by atoms with E-state index in [4.69, 9.17) is 14.2 Å². The molecule has 6 nitrogen and oxygen atoms in total. The number of ether oxygens (including phenoxy) is 3. The van der Waals surface area contributed by atoms with Gasteiger partial charge in [0, 0.05) is 11.6 Å². The third-order valence-corrected chi connectivity index (χ3v) is 7.72. The van der Waals surface area contributed by atoms with E-state index in [0.29, 0.717) is 23.5 Å². The standard InChI is InChI=1S/C25H25NO5/c1-26-13-12-24-20-16-8-9-17(29-2)21(20)31-22(24)18(10-11-25(24,28)19(26)14-16)30-23(27)15-6-4-3-5-7-15/h3-11,18-19,22,28H,12-14H2,1-2H3/t18-,19-,22+,24+,25-/m1/s1. The zero-order valence-electron chi connectivity index (χ0n) is 17.6. The van der Waals surface area contributed by atoms with Crippen LogP contribution >= 0.6 is 0 Å². The number of carbonyl (C=O) groups excluding carboxylic acids is 1. The molecule has 2 aliphatic heterocycles. The van der Waals surface area contributed by atoms with Gasteiger partial charge in [0.05, 0.1) is 18.1 Å². The molecule has 6 rings (SSSR count). The van der Waals surface area contributed by atoms with Gasteiger partial charge in [0.25, 0.3) is 0 Å². The molecule has 160 valence electrons. The van der Waals surface area contributed by atoms with Crippen molar-refractivity contribution in [1.82, 2.24) is 4.90 Å². The zero-order chi connectivity index (χ0) is 21.4. The maximum Gasteiger partial charge on any atom is 0.338 e. The summed E-state index contributed by atoms with van der Waals surface area (Å²) in [6.45, 7) is 0.829. The van der Waals surface area contributed by atoms with E-state index in [0.717, 1.165) is 18.5 Å². The lowest BCUT2D eigenvalue weighted by Gasteiger charge is -2.61. The highest BCUT2D eigenvalue weighted by Gasteiger charge is 2.72. The van der Waals surface area contributed by atoms with Gasteiger partial charge in [-0.25, -0.2) is 4.79 Å². The molecule has 2 aliphatic carbocycles. The molecule has 31 heavy (non-hydrogen) atoms. The van der Waals surface area contributed by atoms with E-state index in [9.17, 15) is 9.90 Å². The molecule has 5 atom stereocenters. The van der Waals surface area contributed by atoms with Crippen molar-refractivity contribution in [2.75, 3.05) is 20.7 Å². The summed E-state index contributed by atoms with van der Waals surface area (Å²) in [4.78, 5) is 15.1. The Bertz CT molecular complexity index is 1100. The Labute approximate surface area is 181 Å². The molecule has 2 heterocycles. The number of hydrogen-bond acceptors (Lipinski definition) is 6. The Kier molecular flexibility index (Phi) is 3.87. The summed E-state index contributed by atoms with van der Waals surface area (Å²) >= 11 is 0. The normalized spacial score (nSPS) is 34.6. The third-order valence-electron chi connectivity index (χ3n) is 7.72. The maximum absolute atomic E-state index is 12.9. The molecule has 4 aliphatic rings. The van der Waals surface area contributed by atoms with Gasteiger partial charge < -0.3 is 19.3 Å². The summed E-state index contributed by atoms with van der Waals surface area (Å²) in [6.07, 6.45) is 3.97. The fraction of sp³-hybridized carbons (Fsp3) is 0.400. The second kappa shape index (κ2) is 6.34. The number of likely N-dealkylation sites (N-methyl/N-ethyl adjacent to an activating group) is 1. The van der Waals surface area contributed by atoms with Crippen LogP contribution in [0.15, 0.2) is 54.6 Å². The van der Waals surface area contributed by atoms with Crippen molar-refractivity contribution in [3.63, 3.8) is 0 Å². The van der Waals surface area contributed by atoms with Crippen molar-refractivity contribution < 1.29 is 24.1 Å². The van der Waals surface area contributed by atoms with Crippen LogP contribution in [-0.4, -0.2) is 60.5 Å². The van der Waals surface area contributed by atoms with Gasteiger partial charge in [0.2, 0.25) is 0 Å². The summed E-state index contributed by atoms with van der Waals surface area (Å²) in [5.74, 6) is 0.926. The second-order valence-electron chi connectivity index (χ2n) is 9.01. The van der Waals surface area contributed by atoms with E-state index in [1.54, 1.807) is 25.3 Å². The molecule has 1 spiro atoms. The number of esters is 1. The average Bonchev–Trinajstić information content (AvgIpc) is 3.14. The van der Waals surface area contributed by atoms with Gasteiger partial charge >= 0.3 is 5.97 Å². The van der Waals surface area contributed by atoms with Crippen LogP contribution in [0.5, 0.6) is 11.5 Å². The lowest BCUT2D eigenvalue weighted by molar-refractivity contribution is -0.152. The van der Waals surface area contributed by atoms with Crippen molar-refractivity contribution in [2.24, 2.45) is 0 Å². The third kappa shape index (κ3) is 2.27. The highest BCUT2D eigenvalue weighted by molar-refractivity contribution is 5.89. The Hall–Kier alpha value is -2.83. The van der Waals surface area contributed by atoms with Crippen molar-refractivity contribution >= 4 is 5.97 Å². The highest BCUT2D eigenvalue weighted by atomic mass is 16.6. The Morgan fingerprint density at radius 3 is 2.81 bits per heavy atom. The van der Waals surface area contributed by atoms with Crippen LogP contribution < -0.4 is 9.47 Å². The first-order valence-corrected chi connectivity index (χ1v) is 10.7. The van der Waals surface area contributed by atoms with Gasteiger partial charge in [0.1, 0.15) is 5.60 Å². The van der Waals surface area contributed by atoms with Gasteiger partial charge in [-0.1, -0.05) is 30.3 Å². The van der Waals surface area contributed by atoms with Crippen molar-refractivity contribution in [1.29, 1.82) is 0 Å². The van der Waals surface area contributed by atoms with E-state index in [1.807, 2.05) is 30.3 Å². The number of benzene rings is 2. The number of hydrogen-bond donors (Lipinski definition) is 1. The van der Waals surface area contributed by atoms with Gasteiger partial charge in [0.15, 0.2) is 23.7 Å². The van der Waals surface area contributed by atoms with Crippen LogP contribution in [0, 0.1) is 0 Å². The minimum Gasteiger partial charge on any atom is -0.493 e. The lowest BCUT2D eigenvalue weighted by Crippen LogP contribution is -2.75. The monoisotopic (exact) mass is 419 g/mol. The molecule has 0 unspecified atom stereocenters. The van der Waals surface area contributed by atoms with Crippen LogP contribution in [-0.2, 0) is 16.6 Å². The molecule has 1 fully saturated rings. The number of rotatable bonds is 3. The Morgan fingerprint density at radius 2 is 2.03 bits per heavy atom. The molecule has 6 heteroatoms. The van der Waals surface area contributed by atoms with Crippen LogP contribution in [0.3, 0.4) is 0 Å². The van der Waals surface area contributed by atoms with Crippen molar-refractivity contribution in [2.45, 2.75) is 42.1 Å². The summed E-state index contributed by atoms with van der Waals surface area (Å²) < 4.78 is 18.1. The molecular weight excluding hydrogens is 394 g/mol. The number of likely N-dealkylation sites (tertiary alicyclic amines) is 1. The number of carbonyl (C=O) groups is 1. The molecule has 0 amide bonds. The molecule has 2 aromatic carbocycles. The SMILES string of the molecule is COc1ccc2c3c1O[C@H]1[C@H](OC(=O)c4ccccc4)C=C[C@@]4(O)[C@@H](C2)N(C)CC[C@]314. The molecule has 2 aromatic rings. The maximum atomic E-state index is 12.9. The molecule has 0 aromatic heterocycles. The largest absolute Gasteiger partial charge is 0.493 e. The summed E-state index contributed by atoms with van der Waals surface area (Å²) in [5, 5.41) is 12.1. The highest BCUT2D eigenvalue weighted by Crippen LogP contribution is 2.64. The first-order valence-electron chi connectivity index (χ1n) is 10.7. The van der Waals surface area contributed by atoms with Gasteiger partial charge in [-0.15, -0.1) is 0 Å². The molecular formula is C25H25NO5. The number of aliphatic hydroxyl groups is 1. The number of methoxy groups -OCH3 is 1. The molecule has 1 N–H and O–H groups in total. The van der Waals surface area contributed by atoms with E-state index >= 15 is 0 Å². The van der Waals surface area contributed by atoms with Gasteiger partial charge in [-0.05, 0) is 56.3 Å². The van der Waals surface area contributed by atoms with E-state index < -0.39 is 29.2 Å². The van der Waals surface area contributed by atoms with Crippen LogP contribution in [0.2, 0.25) is 0 Å². The topological polar surface area (TPSA) is 68.2 Å². The van der Waals surface area contributed by atoms with Crippen molar-refractivity contribution in [3.05, 3.63) is 71.3 Å². The predicted molar refractivity (Wildman–Crippen MR) is 114 cm³/mol. The van der Waals surface area contributed by atoms with Gasteiger partial charge in [-0.2, -0.15) is 0 Å². The first kappa shape index (κ1) is 18.9. The Morgan fingerprint density at radius 1 is 1.23 bits per heavy atom. The van der Waals surface area contributed by atoms with Gasteiger partial charge in [-0.3, -0.25) is 4.90 Å². The van der Waals surface area contributed by atoms with Crippen molar-refractivity contribution in [3.8, 4) is 11.5 Å². The van der Waals surface area contributed by atoms with E-state index in [2.05, 4.69) is 18.0 Å². The zero-order valence-corrected chi connectivity index (χ0v) is 17.6. The number of piperidine rings is 1. The quantitative estimate of drug-likeness (QED) is 0.609. The van der Waals surface area contributed by atoms with Crippen LogP contribution in [0.4, 0.5) is 0 Å². The summed E-state index contributed by atoms with van der Waals surface area (Å²) in [7, 11) is 3.68. The van der Waals surface area contributed by atoms with Crippen LogP contribution in [0.1, 0.15) is 27.9 Å². The van der Waals surface area contributed by atoms with E-state index in [-0.39, 0.29) is 6.04 Å². The number of nitrogens with zero attached hydrogens (tertiary/aromatic N) is 1.